The number of carbonyl (C=O) groups excluding carboxylic acids is 3. The van der Waals surface area contributed by atoms with Crippen LogP contribution in [0.5, 0.6) is 0 Å². The maximum atomic E-state index is 17.4. The van der Waals surface area contributed by atoms with Crippen LogP contribution in [0.2, 0.25) is 0 Å². The minimum atomic E-state index is -2.24. The molecule has 2 N–H and O–H groups in total. The van der Waals surface area contributed by atoms with Crippen LogP contribution in [0.1, 0.15) is 43.7 Å². The lowest BCUT2D eigenvalue weighted by Gasteiger charge is -2.63. The van der Waals surface area contributed by atoms with Crippen molar-refractivity contribution in [1.82, 2.24) is 4.90 Å². The van der Waals surface area contributed by atoms with Gasteiger partial charge in [-0.1, -0.05) is 13.0 Å². The molecule has 5 aliphatic rings. The zero-order valence-electron chi connectivity index (χ0n) is 20.8. The van der Waals surface area contributed by atoms with E-state index >= 15 is 8.78 Å². The van der Waals surface area contributed by atoms with Crippen molar-refractivity contribution in [3.8, 4) is 0 Å². The first-order chi connectivity index (χ1) is 17.4. The summed E-state index contributed by atoms with van der Waals surface area (Å²) >= 11 is 0. The number of Topliss-reactive ketones (excluding diaryl/α,β-unsaturated/α-hetero) is 1. The standard InChI is InChI=1S/C28H31F2NO6/c1-25-6-5-16(33)9-19(25)20(29)10-18-17-8-15-12-31(24(36)21-4-3-7-37-21)14-27(15,23(35)13-32)26(17,2)11-22(34)28(18,25)30/h3-7,9,15,17-18,20,22,32,34H,8,10-14H2,1-2H3/t15-,17?,18-,20-,22-,25-,26-,27+,28-/m0/s1. The summed E-state index contributed by atoms with van der Waals surface area (Å²) in [7, 11) is 0. The van der Waals surface area contributed by atoms with Crippen LogP contribution in [-0.4, -0.2) is 70.2 Å². The maximum Gasteiger partial charge on any atom is 0.289 e. The van der Waals surface area contributed by atoms with Crippen LogP contribution in [0.25, 0.3) is 0 Å². The zero-order chi connectivity index (χ0) is 26.5. The Kier molecular flexibility index (Phi) is 5.13. The number of furan rings is 1. The van der Waals surface area contributed by atoms with Crippen molar-refractivity contribution in [2.45, 2.75) is 51.1 Å². The van der Waals surface area contributed by atoms with E-state index in [9.17, 15) is 24.6 Å². The Morgan fingerprint density at radius 3 is 2.68 bits per heavy atom. The molecule has 0 spiro atoms. The number of aliphatic hydroxyl groups excluding tert-OH is 2. The summed E-state index contributed by atoms with van der Waals surface area (Å²) in [4.78, 5) is 40.2. The minimum Gasteiger partial charge on any atom is -0.459 e. The van der Waals surface area contributed by atoms with Gasteiger partial charge < -0.3 is 19.5 Å². The third-order valence-corrected chi connectivity index (χ3v) is 10.8. The Balaban J connectivity index is 1.43. The van der Waals surface area contributed by atoms with Crippen molar-refractivity contribution in [3.63, 3.8) is 0 Å². The molecular formula is C28H31F2NO6. The van der Waals surface area contributed by atoms with E-state index in [4.69, 9.17) is 4.42 Å². The van der Waals surface area contributed by atoms with Crippen LogP contribution in [0, 0.1) is 34.0 Å². The SMILES string of the molecule is C[C@]12C=CC(=O)C=C1[C@@H](F)C[C@H]1C3C[C@H]4CN(C(=O)c5ccco5)C[C@@]4(C(=O)CO)[C@@]3(C)C[C@H](O)[C@@]12F. The second kappa shape index (κ2) is 7.69. The van der Waals surface area contributed by atoms with E-state index in [1.54, 1.807) is 24.0 Å². The molecule has 0 radical (unpaired) electrons. The number of rotatable bonds is 3. The number of likely N-dealkylation sites (tertiary alicyclic amines) is 1. The number of hydrogen-bond donors (Lipinski definition) is 2. The molecule has 6 rings (SSSR count). The third kappa shape index (κ3) is 2.79. The van der Waals surface area contributed by atoms with Crippen LogP contribution < -0.4 is 0 Å². The van der Waals surface area contributed by atoms with Gasteiger partial charge in [0.2, 0.25) is 0 Å². The number of nitrogens with zero attached hydrogens (tertiary/aromatic N) is 1. The first-order valence-corrected chi connectivity index (χ1v) is 12.9. The van der Waals surface area contributed by atoms with Crippen LogP contribution >= 0.6 is 0 Å². The number of halogens is 2. The molecule has 0 aromatic carbocycles. The molecule has 7 nitrogen and oxygen atoms in total. The topological polar surface area (TPSA) is 108 Å². The normalized spacial score (nSPS) is 46.1. The summed E-state index contributed by atoms with van der Waals surface area (Å²) in [5.74, 6) is -2.86. The first-order valence-electron chi connectivity index (χ1n) is 12.9. The molecule has 3 saturated carbocycles. The highest BCUT2D eigenvalue weighted by atomic mass is 19.1. The van der Waals surface area contributed by atoms with Gasteiger partial charge in [0.25, 0.3) is 5.91 Å². The summed E-state index contributed by atoms with van der Waals surface area (Å²) < 4.78 is 38.3. The molecule has 1 saturated heterocycles. The Bertz CT molecular complexity index is 1240. The fourth-order valence-corrected chi connectivity index (χ4v) is 9.13. The van der Waals surface area contributed by atoms with E-state index in [-0.39, 0.29) is 49.1 Å². The van der Waals surface area contributed by atoms with Crippen molar-refractivity contribution < 1.29 is 37.8 Å². The predicted octanol–water partition coefficient (Wildman–Crippen LogP) is 2.83. The fourth-order valence-electron chi connectivity index (χ4n) is 9.13. The highest BCUT2D eigenvalue weighted by molar-refractivity contribution is 6.01. The molecule has 1 aliphatic heterocycles. The molecule has 198 valence electrons. The molecule has 1 amide bonds. The van der Waals surface area contributed by atoms with Crippen LogP contribution in [-0.2, 0) is 9.59 Å². The summed E-state index contributed by atoms with van der Waals surface area (Å²) in [5, 5.41) is 21.6. The summed E-state index contributed by atoms with van der Waals surface area (Å²) in [5.41, 5.74) is -5.89. The lowest BCUT2D eigenvalue weighted by atomic mass is 9.43. The number of aliphatic hydroxyl groups is 2. The van der Waals surface area contributed by atoms with Gasteiger partial charge in [-0.3, -0.25) is 14.4 Å². The summed E-state index contributed by atoms with van der Waals surface area (Å²) in [6, 6.07) is 3.14. The molecule has 37 heavy (non-hydrogen) atoms. The van der Waals surface area contributed by atoms with Gasteiger partial charge in [-0.2, -0.15) is 0 Å². The Labute approximate surface area is 213 Å². The number of ketones is 2. The first kappa shape index (κ1) is 24.7. The fraction of sp³-hybridized carbons (Fsp3) is 0.607. The van der Waals surface area contributed by atoms with E-state index in [0.717, 1.165) is 6.08 Å². The van der Waals surface area contributed by atoms with E-state index in [2.05, 4.69) is 0 Å². The van der Waals surface area contributed by atoms with Crippen molar-refractivity contribution in [2.24, 2.45) is 34.0 Å². The lowest BCUT2D eigenvalue weighted by molar-refractivity contribution is -0.211. The molecule has 1 unspecified atom stereocenters. The second-order valence-electron chi connectivity index (χ2n) is 12.0. The monoisotopic (exact) mass is 515 g/mol. The van der Waals surface area contributed by atoms with Crippen molar-refractivity contribution in [2.75, 3.05) is 19.7 Å². The number of allylic oxidation sites excluding steroid dienone is 4. The quantitative estimate of drug-likeness (QED) is 0.641. The average Bonchev–Trinajstić information content (AvgIpc) is 3.58. The van der Waals surface area contributed by atoms with Gasteiger partial charge >= 0.3 is 0 Å². The van der Waals surface area contributed by atoms with Crippen LogP contribution in [0.3, 0.4) is 0 Å². The molecule has 1 aromatic heterocycles. The zero-order valence-corrected chi connectivity index (χ0v) is 20.8. The predicted molar refractivity (Wildman–Crippen MR) is 127 cm³/mol. The molecule has 0 bridgehead atoms. The second-order valence-corrected chi connectivity index (χ2v) is 12.0. The third-order valence-electron chi connectivity index (χ3n) is 10.8. The highest BCUT2D eigenvalue weighted by Crippen LogP contribution is 2.74. The van der Waals surface area contributed by atoms with E-state index in [1.165, 1.54) is 18.4 Å². The maximum absolute atomic E-state index is 17.4. The number of fused-ring (bicyclic) bond motifs is 7. The average molecular weight is 516 g/mol. The summed E-state index contributed by atoms with van der Waals surface area (Å²) in [6.45, 7) is 2.86. The van der Waals surface area contributed by atoms with Crippen LogP contribution in [0.15, 0.2) is 46.6 Å². The molecule has 2 heterocycles. The number of carbonyl (C=O) groups is 3. The summed E-state index contributed by atoms with van der Waals surface area (Å²) in [6.07, 6.45) is 2.13. The van der Waals surface area contributed by atoms with Gasteiger partial charge in [0.1, 0.15) is 12.8 Å². The number of hydrogen-bond acceptors (Lipinski definition) is 6. The molecular weight excluding hydrogens is 484 g/mol. The molecule has 1 aromatic rings. The number of alkyl halides is 2. The van der Waals surface area contributed by atoms with Gasteiger partial charge in [0.15, 0.2) is 23.0 Å². The molecule has 9 atom stereocenters. The minimum absolute atomic E-state index is 0.0121. The van der Waals surface area contributed by atoms with E-state index in [1.807, 2.05) is 6.92 Å². The lowest BCUT2D eigenvalue weighted by Crippen LogP contribution is -2.69. The Morgan fingerprint density at radius 2 is 2.00 bits per heavy atom. The van der Waals surface area contributed by atoms with E-state index < -0.39 is 64.2 Å². The van der Waals surface area contributed by atoms with Crippen molar-refractivity contribution in [3.05, 3.63) is 48.0 Å². The highest BCUT2D eigenvalue weighted by Gasteiger charge is 2.78. The van der Waals surface area contributed by atoms with Crippen molar-refractivity contribution in [1.29, 1.82) is 0 Å². The number of amides is 1. The van der Waals surface area contributed by atoms with Gasteiger partial charge in [0, 0.05) is 24.4 Å². The largest absolute Gasteiger partial charge is 0.459 e. The van der Waals surface area contributed by atoms with Gasteiger partial charge in [-0.05, 0) is 73.3 Å². The van der Waals surface area contributed by atoms with E-state index in [0.29, 0.717) is 6.42 Å². The van der Waals surface area contributed by atoms with Gasteiger partial charge in [-0.25, -0.2) is 8.78 Å². The Hall–Kier alpha value is -2.65. The van der Waals surface area contributed by atoms with Crippen molar-refractivity contribution >= 4 is 17.5 Å². The smallest absolute Gasteiger partial charge is 0.289 e. The molecule has 4 fully saturated rings. The Morgan fingerprint density at radius 1 is 1.24 bits per heavy atom. The van der Waals surface area contributed by atoms with Gasteiger partial charge in [-0.15, -0.1) is 0 Å². The van der Waals surface area contributed by atoms with Gasteiger partial charge in [0.05, 0.1) is 17.8 Å². The molecule has 4 aliphatic carbocycles. The molecule has 9 heteroatoms. The van der Waals surface area contributed by atoms with Crippen LogP contribution in [0.4, 0.5) is 8.78 Å².